The normalized spacial score (nSPS) is 21.6. The number of carbonyl (C=O) groups is 2. The minimum Gasteiger partial charge on any atom is -0.493 e. The number of nitrogens with one attached hydrogen (secondary N) is 2. The first-order chi connectivity index (χ1) is 18.7. The van der Waals surface area contributed by atoms with Crippen LogP contribution in [0.5, 0.6) is 5.75 Å². The lowest BCUT2D eigenvalue weighted by atomic mass is 9.74. The van der Waals surface area contributed by atoms with Gasteiger partial charge in [0.15, 0.2) is 0 Å². The van der Waals surface area contributed by atoms with E-state index in [1.165, 1.54) is 0 Å². The van der Waals surface area contributed by atoms with Crippen molar-refractivity contribution in [2.24, 2.45) is 0 Å². The number of ether oxygens (including phenoxy) is 2. The van der Waals surface area contributed by atoms with Gasteiger partial charge in [-0.05, 0) is 18.2 Å². The first kappa shape index (κ1) is 27.2. The molecule has 2 unspecified atom stereocenters. The van der Waals surface area contributed by atoms with Crippen LogP contribution in [0.15, 0.2) is 54.9 Å². The van der Waals surface area contributed by atoms with Crippen molar-refractivity contribution in [1.82, 2.24) is 15.2 Å². The van der Waals surface area contributed by atoms with Crippen molar-refractivity contribution in [2.45, 2.75) is 24.1 Å². The number of aromatic nitrogens is 1. The van der Waals surface area contributed by atoms with Crippen LogP contribution in [0.2, 0.25) is 5.02 Å². The highest BCUT2D eigenvalue weighted by Crippen LogP contribution is 2.41. The summed E-state index contributed by atoms with van der Waals surface area (Å²) in [5, 5.41) is 7.68. The average molecular weight is 563 g/mol. The molecule has 2 aliphatic heterocycles. The molecule has 12 heteroatoms. The first-order valence-corrected chi connectivity index (χ1v) is 12.8. The smallest absolute Gasteiger partial charge is 0.401 e. The van der Waals surface area contributed by atoms with Crippen molar-refractivity contribution >= 4 is 39.9 Å². The van der Waals surface area contributed by atoms with Gasteiger partial charge in [0.05, 0.1) is 43.7 Å². The molecule has 0 saturated carbocycles. The minimum absolute atomic E-state index is 0.0381. The minimum atomic E-state index is -4.47. The molecule has 2 amide bonds. The molecule has 39 heavy (non-hydrogen) atoms. The summed E-state index contributed by atoms with van der Waals surface area (Å²) in [6.45, 7) is -1.38. The van der Waals surface area contributed by atoms with Crippen LogP contribution in [0.25, 0.3) is 10.8 Å². The number of halogens is 4. The zero-order valence-electron chi connectivity index (χ0n) is 20.8. The van der Waals surface area contributed by atoms with E-state index in [1.54, 1.807) is 30.6 Å². The Morgan fingerprint density at radius 1 is 1.15 bits per heavy atom. The van der Waals surface area contributed by atoms with Crippen LogP contribution in [0.4, 0.5) is 18.9 Å². The van der Waals surface area contributed by atoms with E-state index in [-0.39, 0.29) is 39.3 Å². The van der Waals surface area contributed by atoms with Gasteiger partial charge in [-0.1, -0.05) is 35.9 Å². The Kier molecular flexibility index (Phi) is 7.66. The second-order valence-corrected chi connectivity index (χ2v) is 10.0. The Morgan fingerprint density at radius 2 is 1.97 bits per heavy atom. The number of benzene rings is 2. The van der Waals surface area contributed by atoms with E-state index in [0.717, 1.165) is 15.7 Å². The van der Waals surface area contributed by atoms with Gasteiger partial charge in [0.25, 0.3) is 0 Å². The van der Waals surface area contributed by atoms with Crippen molar-refractivity contribution < 1.29 is 32.2 Å². The summed E-state index contributed by atoms with van der Waals surface area (Å²) >= 11 is 6.30. The fourth-order valence-electron chi connectivity index (χ4n) is 5.08. The van der Waals surface area contributed by atoms with Gasteiger partial charge in [0.2, 0.25) is 11.8 Å². The number of hydrogen-bond acceptors (Lipinski definition) is 6. The van der Waals surface area contributed by atoms with E-state index in [4.69, 9.17) is 21.1 Å². The van der Waals surface area contributed by atoms with E-state index in [0.29, 0.717) is 22.0 Å². The van der Waals surface area contributed by atoms with Gasteiger partial charge in [0, 0.05) is 47.1 Å². The third-order valence-electron chi connectivity index (χ3n) is 7.08. The lowest BCUT2D eigenvalue weighted by Gasteiger charge is -2.39. The summed E-state index contributed by atoms with van der Waals surface area (Å²) in [6, 6.07) is 11.2. The maximum absolute atomic E-state index is 14.1. The van der Waals surface area contributed by atoms with Crippen LogP contribution in [-0.4, -0.2) is 73.4 Å². The van der Waals surface area contributed by atoms with Crippen LogP contribution in [0.3, 0.4) is 0 Å². The number of anilines is 1. The number of hydrogen-bond donors (Lipinski definition) is 2. The van der Waals surface area contributed by atoms with Crippen LogP contribution in [0, 0.1) is 0 Å². The average Bonchev–Trinajstić information content (AvgIpc) is 2.91. The quantitative estimate of drug-likeness (QED) is 0.473. The maximum Gasteiger partial charge on any atom is 0.401 e. The molecular formula is C27H26ClF3N4O4. The zero-order valence-corrected chi connectivity index (χ0v) is 21.5. The number of morpholine rings is 1. The van der Waals surface area contributed by atoms with Gasteiger partial charge in [-0.3, -0.25) is 19.5 Å². The number of pyridine rings is 1. The molecule has 206 valence electrons. The molecule has 1 saturated heterocycles. The Bertz CT molecular complexity index is 1380. The third kappa shape index (κ3) is 5.80. The van der Waals surface area contributed by atoms with E-state index >= 15 is 0 Å². The number of fused-ring (bicyclic) bond motifs is 2. The second kappa shape index (κ2) is 11.0. The van der Waals surface area contributed by atoms with Crippen LogP contribution >= 0.6 is 11.6 Å². The Labute approximate surface area is 227 Å². The Hall–Kier alpha value is -3.41. The number of amides is 2. The van der Waals surface area contributed by atoms with Gasteiger partial charge in [-0.2, -0.15) is 13.2 Å². The van der Waals surface area contributed by atoms with Crippen molar-refractivity contribution in [2.75, 3.05) is 44.8 Å². The summed E-state index contributed by atoms with van der Waals surface area (Å²) in [7, 11) is 0. The van der Waals surface area contributed by atoms with Crippen molar-refractivity contribution in [1.29, 1.82) is 0 Å². The number of nitrogens with zero attached hydrogens (tertiary/aromatic N) is 2. The third-order valence-corrected chi connectivity index (χ3v) is 7.32. The summed E-state index contributed by atoms with van der Waals surface area (Å²) in [4.78, 5) is 32.6. The standard InChI is InChI=1S/C27H26ClF3N4O4/c28-18-5-6-23-20(11-18)26(7-9-39-23,25(37)34-21-13-32-12-17-3-1-2-4-19(17)21)15-33-24(36)22-14-38-10-8-35(22)16-27(29,30)31/h1-6,11-13,22H,7-10,14-16H2,(H,33,36)(H,34,37). The van der Waals surface area contributed by atoms with E-state index in [9.17, 15) is 22.8 Å². The molecule has 1 fully saturated rings. The number of alkyl halides is 3. The summed E-state index contributed by atoms with van der Waals surface area (Å²) in [6.07, 6.45) is -1.06. The summed E-state index contributed by atoms with van der Waals surface area (Å²) in [5.41, 5.74) is -0.370. The summed E-state index contributed by atoms with van der Waals surface area (Å²) < 4.78 is 50.5. The SMILES string of the molecule is O=C(NCC1(C(=O)Nc2cncc3ccccc23)CCOc2ccc(Cl)cc21)C1COCCN1CC(F)(F)F. The van der Waals surface area contributed by atoms with Gasteiger partial charge in [0.1, 0.15) is 11.8 Å². The monoisotopic (exact) mass is 562 g/mol. The first-order valence-electron chi connectivity index (χ1n) is 12.4. The van der Waals surface area contributed by atoms with Gasteiger partial charge in [-0.15, -0.1) is 0 Å². The highest BCUT2D eigenvalue weighted by atomic mass is 35.5. The molecule has 1 aromatic heterocycles. The predicted octanol–water partition coefficient (Wildman–Crippen LogP) is 3.93. The lowest BCUT2D eigenvalue weighted by Crippen LogP contribution is -2.59. The molecule has 0 bridgehead atoms. The topological polar surface area (TPSA) is 92.8 Å². The molecule has 0 radical (unpaired) electrons. The van der Waals surface area contributed by atoms with Crippen molar-refractivity contribution in [3.63, 3.8) is 0 Å². The van der Waals surface area contributed by atoms with Crippen LogP contribution in [-0.2, 0) is 19.7 Å². The van der Waals surface area contributed by atoms with E-state index < -0.39 is 36.0 Å². The molecule has 8 nitrogen and oxygen atoms in total. The number of rotatable bonds is 6. The van der Waals surface area contributed by atoms with E-state index in [1.807, 2.05) is 24.3 Å². The molecule has 2 aromatic carbocycles. The highest BCUT2D eigenvalue weighted by Gasteiger charge is 2.46. The molecule has 3 aromatic rings. The van der Waals surface area contributed by atoms with Crippen LogP contribution < -0.4 is 15.4 Å². The molecule has 0 aliphatic carbocycles. The molecule has 2 N–H and O–H groups in total. The van der Waals surface area contributed by atoms with E-state index in [2.05, 4.69) is 15.6 Å². The molecule has 2 aliphatic rings. The highest BCUT2D eigenvalue weighted by molar-refractivity contribution is 6.30. The lowest BCUT2D eigenvalue weighted by molar-refractivity contribution is -0.166. The predicted molar refractivity (Wildman–Crippen MR) is 139 cm³/mol. The van der Waals surface area contributed by atoms with Gasteiger partial charge >= 0.3 is 6.18 Å². The molecule has 3 heterocycles. The fourth-order valence-corrected chi connectivity index (χ4v) is 5.26. The maximum atomic E-state index is 14.1. The van der Waals surface area contributed by atoms with Crippen molar-refractivity contribution in [3.8, 4) is 5.75 Å². The van der Waals surface area contributed by atoms with Crippen molar-refractivity contribution in [3.05, 3.63) is 65.4 Å². The fraction of sp³-hybridized carbons (Fsp3) is 0.370. The molecular weight excluding hydrogens is 537 g/mol. The molecule has 5 rings (SSSR count). The second-order valence-electron chi connectivity index (χ2n) is 9.58. The van der Waals surface area contributed by atoms with Gasteiger partial charge < -0.3 is 20.1 Å². The Balaban J connectivity index is 1.45. The molecule has 0 spiro atoms. The summed E-state index contributed by atoms with van der Waals surface area (Å²) in [5.74, 6) is -0.654. The molecule has 2 atom stereocenters. The van der Waals surface area contributed by atoms with Gasteiger partial charge in [-0.25, -0.2) is 0 Å². The van der Waals surface area contributed by atoms with Crippen LogP contribution in [0.1, 0.15) is 12.0 Å². The zero-order chi connectivity index (χ0) is 27.6. The number of carbonyl (C=O) groups excluding carboxylic acids is 2. The Morgan fingerprint density at radius 3 is 2.79 bits per heavy atom. The largest absolute Gasteiger partial charge is 0.493 e.